The molecule has 0 aliphatic heterocycles. The van der Waals surface area contributed by atoms with Gasteiger partial charge in [-0.1, -0.05) is 86.8 Å². The maximum absolute atomic E-state index is 13.3. The molecule has 0 heterocycles. The summed E-state index contributed by atoms with van der Waals surface area (Å²) in [6, 6.07) is 19.5. The predicted molar refractivity (Wildman–Crippen MR) is 138 cm³/mol. The van der Waals surface area contributed by atoms with Crippen molar-refractivity contribution in [3.05, 3.63) is 71.8 Å². The zero-order valence-corrected chi connectivity index (χ0v) is 21.0. The van der Waals surface area contributed by atoms with Crippen molar-refractivity contribution in [3.8, 4) is 0 Å². The van der Waals surface area contributed by atoms with Crippen LogP contribution in [0.3, 0.4) is 0 Å². The fraction of sp³-hybridized carbons (Fsp3) is 0.517. The molecule has 35 heavy (non-hydrogen) atoms. The third kappa shape index (κ3) is 7.07. The van der Waals surface area contributed by atoms with Crippen molar-refractivity contribution < 1.29 is 19.8 Å². The number of nitrogens with one attached hydrogen (secondary N) is 2. The highest BCUT2D eigenvalue weighted by Gasteiger charge is 2.50. The van der Waals surface area contributed by atoms with E-state index in [4.69, 9.17) is 0 Å². The van der Waals surface area contributed by atoms with Crippen LogP contribution in [0.15, 0.2) is 60.7 Å². The number of amides is 2. The van der Waals surface area contributed by atoms with Gasteiger partial charge in [0.05, 0.1) is 11.6 Å². The van der Waals surface area contributed by atoms with E-state index in [9.17, 15) is 19.8 Å². The minimum absolute atomic E-state index is 0.0989. The quantitative estimate of drug-likeness (QED) is 0.299. The maximum atomic E-state index is 13.3. The molecule has 0 bridgehead atoms. The summed E-state index contributed by atoms with van der Waals surface area (Å²) in [7, 11) is 0. The van der Waals surface area contributed by atoms with E-state index in [1.54, 1.807) is 0 Å². The third-order valence-corrected chi connectivity index (χ3v) is 7.65. The van der Waals surface area contributed by atoms with Crippen molar-refractivity contribution >= 4 is 12.0 Å². The van der Waals surface area contributed by atoms with Gasteiger partial charge in [0.25, 0.3) is 5.91 Å². The Kier molecular flexibility index (Phi) is 9.33. The molecular weight excluding hydrogens is 440 g/mol. The van der Waals surface area contributed by atoms with Crippen molar-refractivity contribution in [2.75, 3.05) is 0 Å². The fourth-order valence-electron chi connectivity index (χ4n) is 5.49. The Balaban J connectivity index is 1.83. The number of carbonyl (C=O) groups excluding carboxylic acids is 1. The first-order valence-electron chi connectivity index (χ1n) is 12.9. The van der Waals surface area contributed by atoms with Gasteiger partial charge < -0.3 is 20.8 Å². The average molecular weight is 481 g/mol. The van der Waals surface area contributed by atoms with E-state index in [2.05, 4.69) is 22.8 Å². The van der Waals surface area contributed by atoms with Gasteiger partial charge in [-0.2, -0.15) is 0 Å². The monoisotopic (exact) mass is 480 g/mol. The van der Waals surface area contributed by atoms with E-state index < -0.39 is 23.6 Å². The van der Waals surface area contributed by atoms with Crippen LogP contribution >= 0.6 is 0 Å². The largest absolute Gasteiger partial charge is 0.465 e. The number of unbranched alkanes of at least 4 members (excludes halogenated alkanes) is 1. The summed E-state index contributed by atoms with van der Waals surface area (Å²) in [6.45, 7) is 3.90. The third-order valence-electron chi connectivity index (χ3n) is 7.65. The molecule has 3 rings (SSSR count). The van der Waals surface area contributed by atoms with E-state index in [-0.39, 0.29) is 11.5 Å². The van der Waals surface area contributed by atoms with Crippen molar-refractivity contribution in [3.63, 3.8) is 0 Å². The lowest BCUT2D eigenvalue weighted by molar-refractivity contribution is -0.136. The highest BCUT2D eigenvalue weighted by Crippen LogP contribution is 2.51. The molecule has 2 aromatic carbocycles. The standard InChI is InChI=1S/C29H40N2O4/c1-3-4-19-29(31-27(34)35,25(32)26(33)30-22(2)24-14-9-6-10-15-24)21-28(17-11-18-28)20-16-23-12-7-5-8-13-23/h5-10,12-15,22,25,31-32H,3-4,11,16-21H2,1-2H3,(H,30,33)(H,34,35)/t22-,25?,29?/m1/s1. The summed E-state index contributed by atoms with van der Waals surface area (Å²) in [4.78, 5) is 25.3. The molecule has 0 saturated heterocycles. The van der Waals surface area contributed by atoms with Gasteiger partial charge in [-0.25, -0.2) is 4.79 Å². The number of rotatable bonds is 13. The van der Waals surface area contributed by atoms with E-state index in [1.807, 2.05) is 62.4 Å². The van der Waals surface area contributed by atoms with Gasteiger partial charge in [0, 0.05) is 0 Å². The lowest BCUT2D eigenvalue weighted by atomic mass is 9.58. The second-order valence-corrected chi connectivity index (χ2v) is 10.2. The number of aliphatic hydroxyl groups is 1. The van der Waals surface area contributed by atoms with Gasteiger partial charge in [-0.3, -0.25) is 4.79 Å². The minimum atomic E-state index is -1.48. The smallest absolute Gasteiger partial charge is 0.405 e. The number of hydrogen-bond acceptors (Lipinski definition) is 3. The Labute approximate surface area is 209 Å². The van der Waals surface area contributed by atoms with Crippen LogP contribution in [-0.4, -0.2) is 33.9 Å². The Bertz CT molecular complexity index is 946. The lowest BCUT2D eigenvalue weighted by Gasteiger charge is -2.50. The van der Waals surface area contributed by atoms with Gasteiger partial charge in [-0.05, 0) is 62.0 Å². The molecule has 0 radical (unpaired) electrons. The zero-order chi connectivity index (χ0) is 25.3. The van der Waals surface area contributed by atoms with Gasteiger partial charge >= 0.3 is 6.09 Å². The number of carbonyl (C=O) groups is 2. The minimum Gasteiger partial charge on any atom is -0.465 e. The number of carboxylic acid groups (broad SMARTS) is 1. The Morgan fingerprint density at radius 2 is 1.69 bits per heavy atom. The molecule has 0 aromatic heterocycles. The van der Waals surface area contributed by atoms with E-state index in [0.29, 0.717) is 19.3 Å². The van der Waals surface area contributed by atoms with Gasteiger partial charge in [-0.15, -0.1) is 0 Å². The van der Waals surface area contributed by atoms with Crippen LogP contribution in [0, 0.1) is 5.41 Å². The van der Waals surface area contributed by atoms with Crippen LogP contribution in [0.1, 0.15) is 82.4 Å². The van der Waals surface area contributed by atoms with Crippen LogP contribution in [0.25, 0.3) is 0 Å². The summed E-state index contributed by atoms with van der Waals surface area (Å²) >= 11 is 0. The number of aliphatic hydroxyl groups excluding tert-OH is 1. The van der Waals surface area contributed by atoms with Gasteiger partial charge in [0.15, 0.2) is 6.10 Å². The molecular formula is C29H40N2O4. The molecule has 0 spiro atoms. The highest BCUT2D eigenvalue weighted by atomic mass is 16.4. The molecule has 190 valence electrons. The molecule has 1 aliphatic rings. The Morgan fingerprint density at radius 1 is 1.06 bits per heavy atom. The first-order valence-corrected chi connectivity index (χ1v) is 12.9. The zero-order valence-electron chi connectivity index (χ0n) is 21.0. The molecule has 1 saturated carbocycles. The summed E-state index contributed by atoms with van der Waals surface area (Å²) in [5.41, 5.74) is 0.841. The predicted octanol–water partition coefficient (Wildman–Crippen LogP) is 5.61. The molecule has 6 nitrogen and oxygen atoms in total. The van der Waals surface area contributed by atoms with Crippen LogP contribution in [0.5, 0.6) is 0 Å². The normalized spacial score (nSPS) is 17.9. The van der Waals surface area contributed by atoms with Crippen molar-refractivity contribution in [1.82, 2.24) is 10.6 Å². The van der Waals surface area contributed by atoms with E-state index in [1.165, 1.54) is 5.56 Å². The van der Waals surface area contributed by atoms with Crippen LogP contribution < -0.4 is 10.6 Å². The molecule has 6 heteroatoms. The van der Waals surface area contributed by atoms with Crippen LogP contribution in [-0.2, 0) is 11.2 Å². The number of hydrogen-bond donors (Lipinski definition) is 4. The molecule has 3 atom stereocenters. The first-order chi connectivity index (χ1) is 16.8. The average Bonchev–Trinajstić information content (AvgIpc) is 2.84. The SMILES string of the molecule is CCCCC(CC1(CCc2ccccc2)CCC1)(NC(=O)O)C(O)C(=O)N[C@H](C)c1ccccc1. The van der Waals surface area contributed by atoms with Crippen molar-refractivity contribution in [2.45, 2.75) is 89.3 Å². The van der Waals surface area contributed by atoms with E-state index >= 15 is 0 Å². The molecule has 2 unspecified atom stereocenters. The number of aryl methyl sites for hydroxylation is 1. The summed E-state index contributed by atoms with van der Waals surface area (Å²) in [5, 5.41) is 26.8. The summed E-state index contributed by atoms with van der Waals surface area (Å²) < 4.78 is 0. The van der Waals surface area contributed by atoms with Crippen molar-refractivity contribution in [2.24, 2.45) is 5.41 Å². The van der Waals surface area contributed by atoms with Crippen molar-refractivity contribution in [1.29, 1.82) is 0 Å². The van der Waals surface area contributed by atoms with E-state index in [0.717, 1.165) is 44.1 Å². The Morgan fingerprint density at radius 3 is 2.23 bits per heavy atom. The second-order valence-electron chi connectivity index (χ2n) is 10.2. The molecule has 1 fully saturated rings. The second kappa shape index (κ2) is 12.2. The fourth-order valence-corrected chi connectivity index (χ4v) is 5.49. The molecule has 1 aliphatic carbocycles. The van der Waals surface area contributed by atoms with Crippen LogP contribution in [0.2, 0.25) is 0 Å². The van der Waals surface area contributed by atoms with Gasteiger partial charge in [0.2, 0.25) is 0 Å². The molecule has 2 amide bonds. The van der Waals surface area contributed by atoms with Gasteiger partial charge in [0.1, 0.15) is 0 Å². The van der Waals surface area contributed by atoms with Crippen LogP contribution in [0.4, 0.5) is 4.79 Å². The first kappa shape index (κ1) is 26.7. The topological polar surface area (TPSA) is 98.7 Å². The lowest BCUT2D eigenvalue weighted by Crippen LogP contribution is -2.63. The highest BCUT2D eigenvalue weighted by molar-refractivity contribution is 5.83. The number of benzene rings is 2. The Hall–Kier alpha value is -2.86. The summed E-state index contributed by atoms with van der Waals surface area (Å²) in [6.07, 6.45) is 4.57. The molecule has 4 N–H and O–H groups in total. The summed E-state index contributed by atoms with van der Waals surface area (Å²) in [5.74, 6) is -0.538. The maximum Gasteiger partial charge on any atom is 0.405 e. The molecule has 2 aromatic rings.